The molecule has 0 bridgehead atoms. The molecule has 31 heavy (non-hydrogen) atoms. The van der Waals surface area contributed by atoms with Crippen LogP contribution in [0, 0.1) is 5.92 Å². The number of benzene rings is 3. The van der Waals surface area contributed by atoms with Crippen LogP contribution in [0.25, 0.3) is 0 Å². The van der Waals surface area contributed by atoms with Crippen LogP contribution < -0.4 is 15.5 Å². The van der Waals surface area contributed by atoms with Gasteiger partial charge in [-0.25, -0.2) is 5.43 Å². The highest BCUT2D eigenvalue weighted by molar-refractivity contribution is 6.03. The topological polar surface area (TPSA) is 79.8 Å². The smallest absolute Gasteiger partial charge is 0.253 e. The maximum absolute atomic E-state index is 12.6. The molecule has 6 heteroatoms. The zero-order chi connectivity index (χ0) is 21.5. The van der Waals surface area contributed by atoms with Crippen molar-refractivity contribution in [2.45, 2.75) is 12.5 Å². The van der Waals surface area contributed by atoms with Gasteiger partial charge in [0.05, 0.1) is 6.21 Å². The largest absolute Gasteiger partial charge is 0.489 e. The summed E-state index contributed by atoms with van der Waals surface area (Å²) in [5, 5.41) is 6.80. The van der Waals surface area contributed by atoms with Gasteiger partial charge in [-0.2, -0.15) is 5.10 Å². The minimum absolute atomic E-state index is 0.204. The molecule has 0 spiro atoms. The highest BCUT2D eigenvalue weighted by Crippen LogP contribution is 2.29. The predicted molar refractivity (Wildman–Crippen MR) is 119 cm³/mol. The van der Waals surface area contributed by atoms with E-state index in [9.17, 15) is 9.59 Å². The number of nitrogens with zero attached hydrogens (tertiary/aromatic N) is 1. The van der Waals surface area contributed by atoms with E-state index in [0.29, 0.717) is 13.2 Å². The van der Waals surface area contributed by atoms with Crippen molar-refractivity contribution in [3.63, 3.8) is 0 Å². The molecule has 0 aliphatic carbocycles. The van der Waals surface area contributed by atoms with Gasteiger partial charge < -0.3 is 10.1 Å². The first-order valence-electron chi connectivity index (χ1n) is 10.1. The summed E-state index contributed by atoms with van der Waals surface area (Å²) >= 11 is 0. The first-order chi connectivity index (χ1) is 15.2. The lowest BCUT2D eigenvalue weighted by Gasteiger charge is -2.15. The van der Waals surface area contributed by atoms with E-state index >= 15 is 0 Å². The number of hydrogen-bond donors (Lipinski definition) is 2. The predicted octanol–water partition coefficient (Wildman–Crippen LogP) is 3.25. The van der Waals surface area contributed by atoms with Crippen LogP contribution in [-0.4, -0.2) is 24.6 Å². The highest BCUT2D eigenvalue weighted by atomic mass is 16.5. The van der Waals surface area contributed by atoms with E-state index in [0.717, 1.165) is 22.4 Å². The van der Waals surface area contributed by atoms with Crippen LogP contribution in [0.1, 0.15) is 22.6 Å². The van der Waals surface area contributed by atoms with Crippen LogP contribution in [0.2, 0.25) is 0 Å². The van der Waals surface area contributed by atoms with E-state index in [1.165, 1.54) is 0 Å². The number of rotatable bonds is 7. The number of carbonyl (C=O) groups excluding carboxylic acids is 2. The van der Waals surface area contributed by atoms with E-state index in [2.05, 4.69) is 15.8 Å². The standard InChI is InChI=1S/C25H23N3O3/c29-24-23(22(16-26-24)20-9-5-2-6-10-20)25(30)28-27-15-18-11-13-21(14-12-18)31-17-19-7-3-1-4-8-19/h1-15,22-23H,16-17H2,(H,26,29)(H,28,30)/b27-15-/t22-,23-/m1/s1. The first kappa shape index (κ1) is 20.3. The zero-order valence-electron chi connectivity index (χ0n) is 16.9. The van der Waals surface area contributed by atoms with Crippen LogP contribution in [0.5, 0.6) is 5.75 Å². The molecule has 2 atom stereocenters. The molecule has 1 saturated heterocycles. The molecule has 0 radical (unpaired) electrons. The van der Waals surface area contributed by atoms with E-state index in [4.69, 9.17) is 4.74 Å². The number of hydrogen-bond acceptors (Lipinski definition) is 4. The average Bonchev–Trinajstić information content (AvgIpc) is 3.21. The third-order valence-electron chi connectivity index (χ3n) is 5.21. The van der Waals surface area contributed by atoms with E-state index in [-0.39, 0.29) is 11.8 Å². The number of ether oxygens (including phenoxy) is 1. The molecule has 0 saturated carbocycles. The lowest BCUT2D eigenvalue weighted by Crippen LogP contribution is -2.34. The summed E-state index contributed by atoms with van der Waals surface area (Å²) < 4.78 is 5.76. The molecule has 1 fully saturated rings. The molecule has 6 nitrogen and oxygen atoms in total. The van der Waals surface area contributed by atoms with Crippen molar-refractivity contribution < 1.29 is 14.3 Å². The van der Waals surface area contributed by atoms with Crippen molar-refractivity contribution in [3.8, 4) is 5.75 Å². The molecule has 1 heterocycles. The Morgan fingerprint density at radius 3 is 2.39 bits per heavy atom. The van der Waals surface area contributed by atoms with E-state index in [1.807, 2.05) is 84.9 Å². The van der Waals surface area contributed by atoms with Crippen molar-refractivity contribution in [3.05, 3.63) is 102 Å². The van der Waals surface area contributed by atoms with Crippen LogP contribution >= 0.6 is 0 Å². The second kappa shape index (κ2) is 9.71. The molecule has 2 amide bonds. The van der Waals surface area contributed by atoms with Gasteiger partial charge in [0.25, 0.3) is 5.91 Å². The third kappa shape index (κ3) is 5.17. The van der Waals surface area contributed by atoms with Crippen LogP contribution in [-0.2, 0) is 16.2 Å². The van der Waals surface area contributed by atoms with Crippen molar-refractivity contribution >= 4 is 18.0 Å². The molecule has 2 N–H and O–H groups in total. The molecule has 3 aromatic carbocycles. The molecule has 0 unspecified atom stereocenters. The second-order valence-electron chi connectivity index (χ2n) is 7.32. The molecular weight excluding hydrogens is 390 g/mol. The first-order valence-corrected chi connectivity index (χ1v) is 10.1. The summed E-state index contributed by atoms with van der Waals surface area (Å²) in [7, 11) is 0. The minimum Gasteiger partial charge on any atom is -0.489 e. The fourth-order valence-corrected chi connectivity index (χ4v) is 3.56. The third-order valence-corrected chi connectivity index (χ3v) is 5.21. The summed E-state index contributed by atoms with van der Waals surface area (Å²) in [5.74, 6) is -0.944. The number of carbonyl (C=O) groups is 2. The van der Waals surface area contributed by atoms with Gasteiger partial charge in [0.1, 0.15) is 18.3 Å². The maximum Gasteiger partial charge on any atom is 0.253 e. The Labute approximate surface area is 180 Å². The summed E-state index contributed by atoms with van der Waals surface area (Å²) in [6.45, 7) is 0.936. The Balaban J connectivity index is 1.32. The van der Waals surface area contributed by atoms with Crippen LogP contribution in [0.3, 0.4) is 0 Å². The molecule has 0 aromatic heterocycles. The number of hydrazone groups is 1. The van der Waals surface area contributed by atoms with Crippen molar-refractivity contribution in [1.29, 1.82) is 0 Å². The number of amides is 2. The lowest BCUT2D eigenvalue weighted by molar-refractivity contribution is -0.133. The molecule has 3 aromatic rings. The summed E-state index contributed by atoms with van der Waals surface area (Å²) in [6, 6.07) is 26.9. The van der Waals surface area contributed by atoms with Crippen molar-refractivity contribution in [2.24, 2.45) is 11.0 Å². The van der Waals surface area contributed by atoms with Gasteiger partial charge >= 0.3 is 0 Å². The number of nitrogens with one attached hydrogen (secondary N) is 2. The fraction of sp³-hybridized carbons (Fsp3) is 0.160. The average molecular weight is 413 g/mol. The van der Waals surface area contributed by atoms with Gasteiger partial charge in [-0.15, -0.1) is 0 Å². The Morgan fingerprint density at radius 1 is 1.00 bits per heavy atom. The lowest BCUT2D eigenvalue weighted by atomic mass is 9.88. The van der Waals surface area contributed by atoms with E-state index < -0.39 is 11.8 Å². The molecule has 156 valence electrons. The molecular formula is C25H23N3O3. The minimum atomic E-state index is -0.798. The summed E-state index contributed by atoms with van der Waals surface area (Å²) in [5.41, 5.74) is 5.36. The van der Waals surface area contributed by atoms with Gasteiger partial charge in [-0.1, -0.05) is 60.7 Å². The monoisotopic (exact) mass is 413 g/mol. The van der Waals surface area contributed by atoms with Gasteiger partial charge in [0, 0.05) is 12.5 Å². The normalized spacial score (nSPS) is 18.0. The molecule has 4 rings (SSSR count). The maximum atomic E-state index is 12.6. The summed E-state index contributed by atoms with van der Waals surface area (Å²) in [4.78, 5) is 24.8. The quantitative estimate of drug-likeness (QED) is 0.355. The van der Waals surface area contributed by atoms with Crippen molar-refractivity contribution in [2.75, 3.05) is 6.54 Å². The van der Waals surface area contributed by atoms with Crippen LogP contribution in [0.15, 0.2) is 90.0 Å². The summed E-state index contributed by atoms with van der Waals surface area (Å²) in [6.07, 6.45) is 1.54. The Kier molecular flexibility index (Phi) is 6.38. The Morgan fingerprint density at radius 2 is 1.68 bits per heavy atom. The second-order valence-corrected chi connectivity index (χ2v) is 7.32. The van der Waals surface area contributed by atoms with Crippen LogP contribution in [0.4, 0.5) is 0 Å². The van der Waals surface area contributed by atoms with Gasteiger partial charge in [0.2, 0.25) is 5.91 Å². The molecule has 1 aliphatic heterocycles. The zero-order valence-corrected chi connectivity index (χ0v) is 16.9. The Bertz CT molecular complexity index is 1050. The fourth-order valence-electron chi connectivity index (χ4n) is 3.56. The van der Waals surface area contributed by atoms with E-state index in [1.54, 1.807) is 6.21 Å². The van der Waals surface area contributed by atoms with Crippen molar-refractivity contribution in [1.82, 2.24) is 10.7 Å². The van der Waals surface area contributed by atoms with Gasteiger partial charge in [-0.05, 0) is 41.0 Å². The van der Waals surface area contributed by atoms with Gasteiger partial charge in [-0.3, -0.25) is 9.59 Å². The highest BCUT2D eigenvalue weighted by Gasteiger charge is 2.40. The van der Waals surface area contributed by atoms with Gasteiger partial charge in [0.15, 0.2) is 0 Å². The Hall–Kier alpha value is -3.93. The molecule has 1 aliphatic rings. The SMILES string of the molecule is O=C1NC[C@H](c2ccccc2)[C@H]1C(=O)N/N=C\c1ccc(OCc2ccccc2)cc1.